The molecule has 208 valence electrons. The van der Waals surface area contributed by atoms with E-state index in [1.54, 1.807) is 71.6 Å². The van der Waals surface area contributed by atoms with Crippen LogP contribution in [0.2, 0.25) is 5.02 Å². The van der Waals surface area contributed by atoms with Gasteiger partial charge in [-0.2, -0.15) is 0 Å². The lowest BCUT2D eigenvalue weighted by atomic mass is 9.96. The van der Waals surface area contributed by atoms with Crippen LogP contribution in [0.4, 0.5) is 5.69 Å². The molecule has 0 radical (unpaired) electrons. The second kappa shape index (κ2) is 11.3. The number of aromatic nitrogens is 3. The molecule has 3 heterocycles. The highest BCUT2D eigenvalue weighted by molar-refractivity contribution is 7.92. The van der Waals surface area contributed by atoms with Crippen molar-refractivity contribution in [2.45, 2.75) is 30.2 Å². The van der Waals surface area contributed by atoms with Crippen LogP contribution in [0.25, 0.3) is 11.0 Å². The van der Waals surface area contributed by atoms with E-state index in [2.05, 4.69) is 9.97 Å². The summed E-state index contributed by atoms with van der Waals surface area (Å²) in [7, 11) is -3.90. The number of rotatable bonds is 7. The molecule has 8 nitrogen and oxygen atoms in total. The second-order valence-corrected chi connectivity index (χ2v) is 12.4. The highest BCUT2D eigenvalue weighted by Gasteiger charge is 2.29. The van der Waals surface area contributed by atoms with Crippen molar-refractivity contribution in [1.82, 2.24) is 19.9 Å². The van der Waals surface area contributed by atoms with E-state index in [1.807, 2.05) is 24.3 Å². The van der Waals surface area contributed by atoms with E-state index < -0.39 is 10.0 Å². The number of sulfonamides is 1. The van der Waals surface area contributed by atoms with Gasteiger partial charge in [0, 0.05) is 24.0 Å². The van der Waals surface area contributed by atoms with Gasteiger partial charge in [-0.05, 0) is 66.9 Å². The fraction of sp³-hybridized carbons (Fsp3) is 0.194. The Balaban J connectivity index is 1.19. The molecule has 1 saturated heterocycles. The molecule has 1 aliphatic rings. The number of aromatic amines is 1. The van der Waals surface area contributed by atoms with Gasteiger partial charge >= 0.3 is 0 Å². The minimum absolute atomic E-state index is 0.0820. The molecule has 0 atom stereocenters. The van der Waals surface area contributed by atoms with E-state index in [4.69, 9.17) is 16.6 Å². The zero-order valence-electron chi connectivity index (χ0n) is 22.2. The van der Waals surface area contributed by atoms with Crippen LogP contribution in [0.5, 0.6) is 0 Å². The van der Waals surface area contributed by atoms with E-state index in [0.29, 0.717) is 23.8 Å². The summed E-state index contributed by atoms with van der Waals surface area (Å²) in [5, 5.41) is 0.567. The van der Waals surface area contributed by atoms with Crippen LogP contribution in [0.1, 0.15) is 40.6 Å². The maximum atomic E-state index is 13.7. The average molecular weight is 586 g/mol. The molecule has 0 spiro atoms. The first kappa shape index (κ1) is 27.0. The Labute approximate surface area is 243 Å². The van der Waals surface area contributed by atoms with Gasteiger partial charge in [0.05, 0.1) is 34.4 Å². The third kappa shape index (κ3) is 5.68. The first-order chi connectivity index (χ1) is 19.9. The molecule has 1 fully saturated rings. The lowest BCUT2D eigenvalue weighted by Gasteiger charge is -2.31. The standard InChI is InChI=1S/C31H28ClN5O3S/c32-24-12-10-22(11-13-24)21-37(41(39,40)26-6-2-1-3-7-26)25-14-15-29(33-20-25)31(38)36-18-16-23(17-19-36)30-34-27-8-4-5-9-28(27)35-30/h1-15,20,23H,16-19,21H2,(H,34,35). The van der Waals surface area contributed by atoms with E-state index in [0.717, 1.165) is 35.3 Å². The predicted molar refractivity (Wildman–Crippen MR) is 159 cm³/mol. The maximum absolute atomic E-state index is 13.7. The number of imidazole rings is 1. The topological polar surface area (TPSA) is 99.3 Å². The molecule has 2 aromatic heterocycles. The van der Waals surface area contributed by atoms with Crippen molar-refractivity contribution in [1.29, 1.82) is 0 Å². The summed E-state index contributed by atoms with van der Waals surface area (Å²) >= 11 is 6.04. The molecule has 3 aromatic carbocycles. The highest BCUT2D eigenvalue weighted by atomic mass is 35.5. The number of nitrogens with zero attached hydrogens (tertiary/aromatic N) is 4. The summed E-state index contributed by atoms with van der Waals surface area (Å²) in [6, 6.07) is 26.5. The molecule has 1 aliphatic heterocycles. The molecule has 5 aromatic rings. The van der Waals surface area contributed by atoms with Gasteiger partial charge in [0.1, 0.15) is 11.5 Å². The quantitative estimate of drug-likeness (QED) is 0.251. The van der Waals surface area contributed by atoms with Gasteiger partial charge in [-0.3, -0.25) is 9.10 Å². The molecule has 1 amide bonds. The number of piperidine rings is 1. The van der Waals surface area contributed by atoms with E-state index in [-0.39, 0.29) is 29.0 Å². The van der Waals surface area contributed by atoms with Crippen molar-refractivity contribution in [2.75, 3.05) is 17.4 Å². The number of para-hydroxylation sites is 2. The lowest BCUT2D eigenvalue weighted by Crippen LogP contribution is -2.38. The maximum Gasteiger partial charge on any atom is 0.272 e. The van der Waals surface area contributed by atoms with E-state index in [1.165, 1.54) is 10.5 Å². The van der Waals surface area contributed by atoms with Gasteiger partial charge in [-0.1, -0.05) is 54.1 Å². The minimum Gasteiger partial charge on any atom is -0.342 e. The highest BCUT2D eigenvalue weighted by Crippen LogP contribution is 2.29. The van der Waals surface area contributed by atoms with Crippen molar-refractivity contribution >= 4 is 44.3 Å². The number of carbonyl (C=O) groups excluding carboxylic acids is 1. The first-order valence-corrected chi connectivity index (χ1v) is 15.2. The van der Waals surface area contributed by atoms with Gasteiger partial charge in [0.2, 0.25) is 0 Å². The van der Waals surface area contributed by atoms with Crippen molar-refractivity contribution in [3.63, 3.8) is 0 Å². The molecule has 6 rings (SSSR count). The summed E-state index contributed by atoms with van der Waals surface area (Å²) in [6.45, 7) is 1.27. The third-order valence-corrected chi connectivity index (χ3v) is 9.44. The summed E-state index contributed by atoms with van der Waals surface area (Å²) in [4.78, 5) is 27.8. The number of carbonyl (C=O) groups is 1. The average Bonchev–Trinajstić information content (AvgIpc) is 3.45. The number of benzene rings is 3. The summed E-state index contributed by atoms with van der Waals surface area (Å²) < 4.78 is 28.6. The monoisotopic (exact) mass is 585 g/mol. The Morgan fingerprint density at radius 1 is 0.927 bits per heavy atom. The second-order valence-electron chi connectivity index (χ2n) is 10.1. The number of fused-ring (bicyclic) bond motifs is 1. The fourth-order valence-electron chi connectivity index (χ4n) is 5.13. The van der Waals surface area contributed by atoms with Gasteiger partial charge < -0.3 is 9.88 Å². The van der Waals surface area contributed by atoms with Crippen molar-refractivity contribution in [2.24, 2.45) is 0 Å². The first-order valence-electron chi connectivity index (χ1n) is 13.4. The predicted octanol–water partition coefficient (Wildman–Crippen LogP) is 6.03. The van der Waals surface area contributed by atoms with Crippen LogP contribution in [-0.4, -0.2) is 47.3 Å². The fourth-order valence-corrected chi connectivity index (χ4v) is 6.72. The summed E-state index contributed by atoms with van der Waals surface area (Å²) in [5.41, 5.74) is 3.37. The van der Waals surface area contributed by atoms with Gasteiger partial charge in [0.15, 0.2) is 0 Å². The number of likely N-dealkylation sites (tertiary alicyclic amines) is 1. The number of halogens is 1. The van der Waals surface area contributed by atoms with Gasteiger partial charge in [0.25, 0.3) is 15.9 Å². The number of H-pyrrole nitrogens is 1. The van der Waals surface area contributed by atoms with Crippen LogP contribution in [0.15, 0.2) is 102 Å². The summed E-state index contributed by atoms with van der Waals surface area (Å²) in [6.07, 6.45) is 3.05. The van der Waals surface area contributed by atoms with Crippen molar-refractivity contribution in [3.05, 3.63) is 119 Å². The van der Waals surface area contributed by atoms with Crippen molar-refractivity contribution < 1.29 is 13.2 Å². The SMILES string of the molecule is O=C(c1ccc(N(Cc2ccc(Cl)cc2)S(=O)(=O)c2ccccc2)cn1)N1CCC(c2nc3ccccc3[nH]2)CC1. The number of hydrogen-bond acceptors (Lipinski definition) is 5. The minimum atomic E-state index is -3.90. The Hall–Kier alpha value is -4.21. The number of amides is 1. The summed E-state index contributed by atoms with van der Waals surface area (Å²) in [5.74, 6) is 1.04. The Kier molecular flexibility index (Phi) is 7.47. The number of hydrogen-bond donors (Lipinski definition) is 1. The molecule has 0 unspecified atom stereocenters. The molecule has 10 heteroatoms. The third-order valence-electron chi connectivity index (χ3n) is 7.40. The smallest absolute Gasteiger partial charge is 0.272 e. The molecule has 0 saturated carbocycles. The molecule has 1 N–H and O–H groups in total. The number of anilines is 1. The van der Waals surface area contributed by atoms with Crippen LogP contribution in [-0.2, 0) is 16.6 Å². The molecule has 0 bridgehead atoms. The van der Waals surface area contributed by atoms with Crippen LogP contribution in [0.3, 0.4) is 0 Å². The van der Waals surface area contributed by atoms with Crippen LogP contribution < -0.4 is 4.31 Å². The number of nitrogens with one attached hydrogen (secondary N) is 1. The lowest BCUT2D eigenvalue weighted by molar-refractivity contribution is 0.0705. The van der Waals surface area contributed by atoms with E-state index in [9.17, 15) is 13.2 Å². The molecular formula is C31H28ClN5O3S. The van der Waals surface area contributed by atoms with Crippen molar-refractivity contribution in [3.8, 4) is 0 Å². The molecule has 41 heavy (non-hydrogen) atoms. The Morgan fingerprint density at radius 3 is 2.32 bits per heavy atom. The van der Waals surface area contributed by atoms with Crippen LogP contribution in [0, 0.1) is 0 Å². The Morgan fingerprint density at radius 2 is 1.63 bits per heavy atom. The molecular weight excluding hydrogens is 558 g/mol. The van der Waals surface area contributed by atoms with E-state index >= 15 is 0 Å². The zero-order chi connectivity index (χ0) is 28.4. The molecule has 0 aliphatic carbocycles. The number of pyridine rings is 1. The van der Waals surface area contributed by atoms with Gasteiger partial charge in [-0.15, -0.1) is 0 Å². The normalized spacial score (nSPS) is 14.3. The van der Waals surface area contributed by atoms with Crippen LogP contribution >= 0.6 is 11.6 Å². The Bertz CT molecular complexity index is 1730. The largest absolute Gasteiger partial charge is 0.342 e. The zero-order valence-corrected chi connectivity index (χ0v) is 23.7. The van der Waals surface area contributed by atoms with Gasteiger partial charge in [-0.25, -0.2) is 18.4 Å².